The van der Waals surface area contributed by atoms with Crippen molar-refractivity contribution in [3.63, 3.8) is 0 Å². The monoisotopic (exact) mass is 557 g/mol. The number of esters is 1. The van der Waals surface area contributed by atoms with Crippen LogP contribution in [0, 0.1) is 0 Å². The highest BCUT2D eigenvalue weighted by Gasteiger charge is 2.40. The second-order valence-corrected chi connectivity index (χ2v) is 9.35. The van der Waals surface area contributed by atoms with Gasteiger partial charge in [-0.15, -0.1) is 0 Å². The molecule has 1 aliphatic rings. The van der Waals surface area contributed by atoms with Gasteiger partial charge in [0.25, 0.3) is 11.8 Å². The summed E-state index contributed by atoms with van der Waals surface area (Å²) in [6.07, 6.45) is -5.36. The largest absolute Gasteiger partial charge is 0.450 e. The summed E-state index contributed by atoms with van der Waals surface area (Å²) >= 11 is 0. The van der Waals surface area contributed by atoms with Crippen molar-refractivity contribution in [1.29, 1.82) is 0 Å². The molecule has 0 fully saturated rings. The van der Waals surface area contributed by atoms with E-state index in [1.165, 1.54) is 30.3 Å². The van der Waals surface area contributed by atoms with Crippen LogP contribution < -0.4 is 10.2 Å². The molecule has 1 aliphatic heterocycles. The fourth-order valence-corrected chi connectivity index (χ4v) is 4.95. The van der Waals surface area contributed by atoms with Crippen molar-refractivity contribution in [3.05, 3.63) is 112 Å². The Morgan fingerprint density at radius 3 is 2.12 bits per heavy atom. The first-order chi connectivity index (χ1) is 19.6. The van der Waals surface area contributed by atoms with Gasteiger partial charge in [0.2, 0.25) is 11.2 Å². The second kappa shape index (κ2) is 9.74. The average Bonchev–Trinajstić information content (AvgIpc) is 3.20. The van der Waals surface area contributed by atoms with Gasteiger partial charge in [-0.05, 0) is 40.6 Å². The van der Waals surface area contributed by atoms with E-state index in [1.54, 1.807) is 48.5 Å². The summed E-state index contributed by atoms with van der Waals surface area (Å²) in [5, 5.41) is 0.976. The highest BCUT2D eigenvalue weighted by molar-refractivity contribution is 6.21. The van der Waals surface area contributed by atoms with Gasteiger partial charge in [-0.2, -0.15) is 13.2 Å². The summed E-state index contributed by atoms with van der Waals surface area (Å²) in [7, 11) is 0. The smallest absolute Gasteiger partial charge is 0.450 e. The molecule has 0 radical (unpaired) electrons. The number of carbonyl (C=O) groups excluding carboxylic acids is 3. The number of amides is 2. The van der Waals surface area contributed by atoms with Crippen LogP contribution in [0.4, 0.5) is 13.2 Å². The molecule has 41 heavy (non-hydrogen) atoms. The third kappa shape index (κ3) is 4.53. The molecule has 6 rings (SSSR count). The molecular formula is C31H18F3NO6. The fraction of sp³-hybridized carbons (Fsp3) is 0.0968. The zero-order valence-electron chi connectivity index (χ0n) is 21.0. The van der Waals surface area contributed by atoms with Crippen molar-refractivity contribution in [3.8, 4) is 16.9 Å². The van der Waals surface area contributed by atoms with Crippen molar-refractivity contribution >= 4 is 39.5 Å². The molecule has 0 aliphatic carbocycles. The predicted octanol–water partition coefficient (Wildman–Crippen LogP) is 6.22. The number of hydrogen-bond donors (Lipinski definition) is 0. The Kier molecular flexibility index (Phi) is 6.18. The first-order valence-corrected chi connectivity index (χ1v) is 12.5. The molecule has 7 nitrogen and oxygen atoms in total. The summed E-state index contributed by atoms with van der Waals surface area (Å²) in [5.74, 6) is -3.55. The van der Waals surface area contributed by atoms with E-state index < -0.39 is 46.3 Å². The lowest BCUT2D eigenvalue weighted by Gasteiger charge is -2.15. The van der Waals surface area contributed by atoms with Gasteiger partial charge in [-0.1, -0.05) is 54.6 Å². The highest BCUT2D eigenvalue weighted by Crippen LogP contribution is 2.40. The lowest BCUT2D eigenvalue weighted by molar-refractivity contribution is -0.152. The molecule has 0 N–H and O–H groups in total. The number of carbonyl (C=O) groups is 3. The number of rotatable bonds is 5. The number of benzene rings is 4. The number of ether oxygens (including phenoxy) is 1. The predicted molar refractivity (Wildman–Crippen MR) is 142 cm³/mol. The zero-order chi connectivity index (χ0) is 28.9. The summed E-state index contributed by atoms with van der Waals surface area (Å²) in [6, 6.07) is 21.2. The third-order valence-corrected chi connectivity index (χ3v) is 6.83. The van der Waals surface area contributed by atoms with E-state index in [0.29, 0.717) is 10.8 Å². The molecule has 204 valence electrons. The summed E-state index contributed by atoms with van der Waals surface area (Å²) in [6.45, 7) is -0.250. The van der Waals surface area contributed by atoms with Crippen LogP contribution >= 0.6 is 0 Å². The van der Waals surface area contributed by atoms with Gasteiger partial charge in [0.15, 0.2) is 0 Å². The van der Waals surface area contributed by atoms with Crippen LogP contribution in [0.3, 0.4) is 0 Å². The molecule has 4 aromatic carbocycles. The Hall–Kier alpha value is -5.25. The van der Waals surface area contributed by atoms with Gasteiger partial charge in [0, 0.05) is 12.6 Å². The van der Waals surface area contributed by atoms with Crippen molar-refractivity contribution in [2.45, 2.75) is 12.6 Å². The van der Waals surface area contributed by atoms with Crippen LogP contribution in [0.5, 0.6) is 5.75 Å². The molecule has 0 spiro atoms. The van der Waals surface area contributed by atoms with Crippen LogP contribution in [0.2, 0.25) is 0 Å². The van der Waals surface area contributed by atoms with Gasteiger partial charge >= 0.3 is 12.1 Å². The summed E-state index contributed by atoms with van der Waals surface area (Å²) < 4.78 is 53.0. The van der Waals surface area contributed by atoms with Gasteiger partial charge in [-0.25, -0.2) is 0 Å². The maximum atomic E-state index is 14.2. The molecule has 0 atom stereocenters. The normalized spacial score (nSPS) is 13.2. The Labute approximate surface area is 229 Å². The first kappa shape index (κ1) is 26.0. The van der Waals surface area contributed by atoms with Crippen molar-refractivity contribution in [1.82, 2.24) is 4.90 Å². The van der Waals surface area contributed by atoms with Crippen LogP contribution in [0.1, 0.15) is 32.9 Å². The van der Waals surface area contributed by atoms with Crippen LogP contribution in [-0.2, 0) is 11.0 Å². The van der Waals surface area contributed by atoms with Crippen molar-refractivity contribution in [2.75, 3.05) is 6.54 Å². The van der Waals surface area contributed by atoms with E-state index in [1.807, 2.05) is 0 Å². The van der Waals surface area contributed by atoms with E-state index >= 15 is 0 Å². The highest BCUT2D eigenvalue weighted by atomic mass is 19.4. The number of fused-ring (bicyclic) bond motifs is 3. The first-order valence-electron chi connectivity index (χ1n) is 12.5. The molecule has 1 aromatic heterocycles. The lowest BCUT2D eigenvalue weighted by Crippen LogP contribution is -2.32. The molecule has 0 saturated carbocycles. The second-order valence-electron chi connectivity index (χ2n) is 9.35. The zero-order valence-corrected chi connectivity index (χ0v) is 21.0. The Morgan fingerprint density at radius 1 is 0.780 bits per heavy atom. The number of hydrogen-bond acceptors (Lipinski definition) is 6. The van der Waals surface area contributed by atoms with E-state index in [9.17, 15) is 32.3 Å². The minimum Gasteiger partial charge on any atom is -0.450 e. The number of alkyl halides is 3. The number of halogens is 3. The van der Waals surface area contributed by atoms with Crippen molar-refractivity contribution < 1.29 is 36.7 Å². The molecule has 10 heteroatoms. The average molecular weight is 557 g/mol. The van der Waals surface area contributed by atoms with Gasteiger partial charge in [-0.3, -0.25) is 24.1 Å². The maximum absolute atomic E-state index is 14.2. The van der Waals surface area contributed by atoms with E-state index in [-0.39, 0.29) is 40.8 Å². The van der Waals surface area contributed by atoms with Crippen molar-refractivity contribution in [2.24, 2.45) is 0 Å². The quantitative estimate of drug-likeness (QED) is 0.145. The van der Waals surface area contributed by atoms with E-state index in [4.69, 9.17) is 9.15 Å². The van der Waals surface area contributed by atoms with Crippen LogP contribution in [0.25, 0.3) is 32.9 Å². The molecule has 2 heterocycles. The molecule has 0 unspecified atom stereocenters. The van der Waals surface area contributed by atoms with Gasteiger partial charge in [0.1, 0.15) is 11.3 Å². The van der Waals surface area contributed by atoms with E-state index in [0.717, 1.165) is 11.0 Å². The molecule has 0 saturated heterocycles. The molecule has 0 bridgehead atoms. The van der Waals surface area contributed by atoms with Crippen LogP contribution in [0.15, 0.2) is 94.1 Å². The molecule has 2 amide bonds. The number of imide groups is 1. The van der Waals surface area contributed by atoms with Crippen LogP contribution in [-0.4, -0.2) is 29.2 Å². The Balaban J connectivity index is 1.30. The standard InChI is InChI=1S/C31H18F3NO6/c32-31(33,34)28-26(20-11-5-7-17-6-1-2-8-19(17)20)27(37)23-13-12-18(16-24(23)41-28)40-25(36)14-15-35-29(38)21-9-3-4-10-22(21)30(35)39/h1-13,16H,14-15H2. The maximum Gasteiger partial charge on any atom is 0.450 e. The SMILES string of the molecule is O=C(CCN1C(=O)c2ccccc2C1=O)Oc1ccc2c(=O)c(-c3cccc4ccccc34)c(C(F)(F)F)oc2c1. The van der Waals surface area contributed by atoms with Gasteiger partial charge < -0.3 is 9.15 Å². The fourth-order valence-electron chi connectivity index (χ4n) is 4.95. The summed E-state index contributed by atoms with van der Waals surface area (Å²) in [4.78, 5) is 51.9. The lowest BCUT2D eigenvalue weighted by atomic mass is 9.96. The number of nitrogens with zero attached hydrogens (tertiary/aromatic N) is 1. The Morgan fingerprint density at radius 2 is 1.41 bits per heavy atom. The minimum absolute atomic E-state index is 0.0785. The minimum atomic E-state index is -5.00. The third-order valence-electron chi connectivity index (χ3n) is 6.83. The molecule has 5 aromatic rings. The molecular weight excluding hydrogens is 539 g/mol. The van der Waals surface area contributed by atoms with E-state index in [2.05, 4.69) is 0 Å². The van der Waals surface area contributed by atoms with Gasteiger partial charge in [0.05, 0.1) is 28.5 Å². The Bertz CT molecular complexity index is 1920. The topological polar surface area (TPSA) is 93.9 Å². The summed E-state index contributed by atoms with van der Waals surface area (Å²) in [5.41, 5.74) is -1.38.